The second-order valence-electron chi connectivity index (χ2n) is 6.03. The van der Waals surface area contributed by atoms with Crippen molar-refractivity contribution in [2.45, 2.75) is 31.8 Å². The van der Waals surface area contributed by atoms with E-state index in [0.29, 0.717) is 26.2 Å². The number of carbonyl (C=O) groups excluding carboxylic acids is 1. The number of hydrogen-bond acceptors (Lipinski definition) is 3. The molecule has 8 heteroatoms. The standard InChI is InChI=1S/C15H20FN3O3S/c16-13-5-3-12(4-6-13)10-18-11-14(9-15(18)20)17-23(21,22)19-7-1-2-8-19/h3-6,14,17H,1-2,7-11H2. The molecule has 0 bridgehead atoms. The molecule has 2 fully saturated rings. The summed E-state index contributed by atoms with van der Waals surface area (Å²) in [6.07, 6.45) is 1.91. The predicted molar refractivity (Wildman–Crippen MR) is 83.1 cm³/mol. The van der Waals surface area contributed by atoms with E-state index in [4.69, 9.17) is 0 Å². The summed E-state index contributed by atoms with van der Waals surface area (Å²) in [5.74, 6) is -0.416. The molecule has 1 aromatic carbocycles. The lowest BCUT2D eigenvalue weighted by atomic mass is 10.2. The van der Waals surface area contributed by atoms with Crippen LogP contribution in [0, 0.1) is 5.82 Å². The van der Waals surface area contributed by atoms with Crippen LogP contribution in [0.15, 0.2) is 24.3 Å². The molecule has 0 aromatic heterocycles. The van der Waals surface area contributed by atoms with Crippen LogP contribution < -0.4 is 4.72 Å². The summed E-state index contributed by atoms with van der Waals surface area (Å²) in [7, 11) is -3.51. The molecule has 2 aliphatic heterocycles. The molecule has 1 unspecified atom stereocenters. The monoisotopic (exact) mass is 341 g/mol. The van der Waals surface area contributed by atoms with Gasteiger partial charge in [-0.2, -0.15) is 17.4 Å². The highest BCUT2D eigenvalue weighted by Crippen LogP contribution is 2.18. The van der Waals surface area contributed by atoms with Gasteiger partial charge in [-0.05, 0) is 30.5 Å². The number of nitrogens with one attached hydrogen (secondary N) is 1. The molecular weight excluding hydrogens is 321 g/mol. The van der Waals surface area contributed by atoms with Crippen molar-refractivity contribution in [3.05, 3.63) is 35.6 Å². The lowest BCUT2D eigenvalue weighted by Crippen LogP contribution is -2.45. The quantitative estimate of drug-likeness (QED) is 0.863. The minimum Gasteiger partial charge on any atom is -0.337 e. The van der Waals surface area contributed by atoms with E-state index in [9.17, 15) is 17.6 Å². The fourth-order valence-electron chi connectivity index (χ4n) is 3.03. The molecule has 2 saturated heterocycles. The Hall–Kier alpha value is -1.51. The Morgan fingerprint density at radius 3 is 2.48 bits per heavy atom. The van der Waals surface area contributed by atoms with Gasteiger partial charge in [0.25, 0.3) is 10.2 Å². The smallest absolute Gasteiger partial charge is 0.279 e. The number of benzene rings is 1. The van der Waals surface area contributed by atoms with E-state index < -0.39 is 16.3 Å². The molecule has 126 valence electrons. The minimum atomic E-state index is -3.51. The van der Waals surface area contributed by atoms with Gasteiger partial charge in [-0.25, -0.2) is 4.39 Å². The van der Waals surface area contributed by atoms with Crippen LogP contribution in [-0.2, 0) is 21.5 Å². The molecule has 0 spiro atoms. The van der Waals surface area contributed by atoms with Crippen LogP contribution in [0.5, 0.6) is 0 Å². The summed E-state index contributed by atoms with van der Waals surface area (Å²) >= 11 is 0. The lowest BCUT2D eigenvalue weighted by Gasteiger charge is -2.20. The molecule has 0 aliphatic carbocycles. The molecule has 2 heterocycles. The van der Waals surface area contributed by atoms with E-state index in [1.165, 1.54) is 16.4 Å². The van der Waals surface area contributed by atoms with Gasteiger partial charge in [0.1, 0.15) is 5.82 Å². The van der Waals surface area contributed by atoms with E-state index in [-0.39, 0.29) is 18.1 Å². The molecule has 1 aromatic rings. The number of nitrogens with zero attached hydrogens (tertiary/aromatic N) is 2. The highest BCUT2D eigenvalue weighted by Gasteiger charge is 2.34. The SMILES string of the molecule is O=C1CC(NS(=O)(=O)N2CCCC2)CN1Cc1ccc(F)cc1. The van der Waals surface area contributed by atoms with Gasteiger partial charge in [-0.15, -0.1) is 0 Å². The number of rotatable bonds is 5. The fourth-order valence-corrected chi connectivity index (χ4v) is 4.49. The van der Waals surface area contributed by atoms with Gasteiger partial charge in [0, 0.05) is 38.6 Å². The zero-order chi connectivity index (χ0) is 16.4. The van der Waals surface area contributed by atoms with Crippen molar-refractivity contribution in [2.75, 3.05) is 19.6 Å². The van der Waals surface area contributed by atoms with Gasteiger partial charge >= 0.3 is 0 Å². The van der Waals surface area contributed by atoms with Crippen molar-refractivity contribution in [1.82, 2.24) is 13.9 Å². The highest BCUT2D eigenvalue weighted by atomic mass is 32.2. The maximum Gasteiger partial charge on any atom is 0.279 e. The Kier molecular flexibility index (Phi) is 4.65. The van der Waals surface area contributed by atoms with E-state index >= 15 is 0 Å². The Morgan fingerprint density at radius 2 is 1.83 bits per heavy atom. The summed E-state index contributed by atoms with van der Waals surface area (Å²) in [6, 6.07) is 5.55. The number of likely N-dealkylation sites (tertiary alicyclic amines) is 1. The van der Waals surface area contributed by atoms with Gasteiger partial charge in [-0.3, -0.25) is 4.79 Å². The Balaban J connectivity index is 1.59. The van der Waals surface area contributed by atoms with Crippen molar-refractivity contribution in [2.24, 2.45) is 0 Å². The maximum atomic E-state index is 12.9. The first-order chi connectivity index (χ1) is 10.9. The molecule has 1 atom stereocenters. The van der Waals surface area contributed by atoms with Gasteiger partial charge < -0.3 is 4.90 Å². The Bertz CT molecular complexity index is 672. The van der Waals surface area contributed by atoms with Gasteiger partial charge in [0.15, 0.2) is 0 Å². The summed E-state index contributed by atoms with van der Waals surface area (Å²) in [6.45, 7) is 1.77. The van der Waals surface area contributed by atoms with Crippen molar-refractivity contribution in [3.63, 3.8) is 0 Å². The van der Waals surface area contributed by atoms with Crippen molar-refractivity contribution < 1.29 is 17.6 Å². The summed E-state index contributed by atoms with van der Waals surface area (Å²) in [5, 5.41) is 0. The Morgan fingerprint density at radius 1 is 1.17 bits per heavy atom. The number of halogens is 1. The van der Waals surface area contributed by atoms with Crippen LogP contribution in [0.4, 0.5) is 4.39 Å². The predicted octanol–water partition coefficient (Wildman–Crippen LogP) is 0.857. The van der Waals surface area contributed by atoms with E-state index in [0.717, 1.165) is 18.4 Å². The third-order valence-electron chi connectivity index (χ3n) is 4.22. The van der Waals surface area contributed by atoms with Crippen LogP contribution in [0.2, 0.25) is 0 Å². The van der Waals surface area contributed by atoms with Crippen LogP contribution in [0.1, 0.15) is 24.8 Å². The molecule has 3 rings (SSSR count). The summed E-state index contributed by atoms with van der Waals surface area (Å²) < 4.78 is 41.5. The molecule has 1 amide bonds. The zero-order valence-corrected chi connectivity index (χ0v) is 13.6. The third kappa shape index (κ3) is 3.88. The maximum absolute atomic E-state index is 12.9. The van der Waals surface area contributed by atoms with Gasteiger partial charge in [-0.1, -0.05) is 12.1 Å². The van der Waals surface area contributed by atoms with E-state index in [1.807, 2.05) is 0 Å². The first-order valence-corrected chi connectivity index (χ1v) is 9.18. The van der Waals surface area contributed by atoms with Gasteiger partial charge in [0.2, 0.25) is 5.91 Å². The summed E-state index contributed by atoms with van der Waals surface area (Å²) in [5.41, 5.74) is 0.822. The Labute approximate surface area is 135 Å². The van der Waals surface area contributed by atoms with Gasteiger partial charge in [0.05, 0.1) is 0 Å². The highest BCUT2D eigenvalue weighted by molar-refractivity contribution is 7.87. The van der Waals surface area contributed by atoms with Crippen LogP contribution in [0.25, 0.3) is 0 Å². The molecule has 2 aliphatic rings. The summed E-state index contributed by atoms with van der Waals surface area (Å²) in [4.78, 5) is 13.7. The third-order valence-corrected chi connectivity index (χ3v) is 5.90. The van der Waals surface area contributed by atoms with Crippen LogP contribution in [-0.4, -0.2) is 49.2 Å². The van der Waals surface area contributed by atoms with Crippen LogP contribution in [0.3, 0.4) is 0 Å². The van der Waals surface area contributed by atoms with Crippen LogP contribution >= 0.6 is 0 Å². The van der Waals surface area contributed by atoms with Crippen molar-refractivity contribution in [3.8, 4) is 0 Å². The molecule has 23 heavy (non-hydrogen) atoms. The fraction of sp³-hybridized carbons (Fsp3) is 0.533. The largest absolute Gasteiger partial charge is 0.337 e. The lowest BCUT2D eigenvalue weighted by molar-refractivity contribution is -0.128. The molecule has 1 N–H and O–H groups in total. The number of hydrogen-bond donors (Lipinski definition) is 1. The molecule has 6 nitrogen and oxygen atoms in total. The molecule has 0 radical (unpaired) electrons. The first-order valence-electron chi connectivity index (χ1n) is 7.74. The first kappa shape index (κ1) is 16.4. The normalized spacial score (nSPS) is 22.9. The molecular formula is C15H20FN3O3S. The second-order valence-corrected chi connectivity index (χ2v) is 7.73. The number of amides is 1. The number of carbonyl (C=O) groups is 1. The average Bonchev–Trinajstić information content (AvgIpc) is 3.12. The zero-order valence-electron chi connectivity index (χ0n) is 12.7. The second kappa shape index (κ2) is 6.54. The average molecular weight is 341 g/mol. The van der Waals surface area contributed by atoms with E-state index in [1.54, 1.807) is 17.0 Å². The topological polar surface area (TPSA) is 69.7 Å². The minimum absolute atomic E-state index is 0.0940. The van der Waals surface area contributed by atoms with Crippen molar-refractivity contribution >= 4 is 16.1 Å². The van der Waals surface area contributed by atoms with Crippen molar-refractivity contribution in [1.29, 1.82) is 0 Å². The van der Waals surface area contributed by atoms with E-state index in [2.05, 4.69) is 4.72 Å². The molecule has 0 saturated carbocycles.